The van der Waals surface area contributed by atoms with Crippen molar-refractivity contribution in [3.8, 4) is 17.1 Å². The Morgan fingerprint density at radius 3 is 2.41 bits per heavy atom. The summed E-state index contributed by atoms with van der Waals surface area (Å²) in [6, 6.07) is 16.0. The highest BCUT2D eigenvalue weighted by Crippen LogP contribution is 2.38. The van der Waals surface area contributed by atoms with Crippen LogP contribution < -0.4 is 9.64 Å². The average Bonchev–Trinajstić information content (AvgIpc) is 3.15. The number of carbonyl (C=O) groups is 1. The van der Waals surface area contributed by atoms with Crippen LogP contribution in [0.3, 0.4) is 0 Å². The number of anilines is 1. The molecule has 4 rings (SSSR count). The topological polar surface area (TPSA) is 50.6 Å². The second kappa shape index (κ2) is 8.82. The van der Waals surface area contributed by atoms with Crippen molar-refractivity contribution in [3.63, 3.8) is 0 Å². The minimum atomic E-state index is -2.89. The lowest BCUT2D eigenvalue weighted by Crippen LogP contribution is -2.44. The van der Waals surface area contributed by atoms with Gasteiger partial charge in [0.15, 0.2) is 5.82 Å². The molecule has 0 radical (unpaired) electrons. The van der Waals surface area contributed by atoms with Crippen molar-refractivity contribution >= 4 is 17.5 Å². The zero-order valence-corrected chi connectivity index (χ0v) is 18.0. The lowest BCUT2D eigenvalue weighted by molar-refractivity contribution is -0.0498. The molecular weight excluding hydrogens is 414 g/mol. The van der Waals surface area contributed by atoms with E-state index in [1.165, 1.54) is 17.0 Å². The predicted molar refractivity (Wildman–Crippen MR) is 120 cm³/mol. The summed E-state index contributed by atoms with van der Waals surface area (Å²) >= 11 is 0. The molecule has 0 saturated heterocycles. The number of ether oxygens (including phenoxy) is 1. The van der Waals surface area contributed by atoms with Gasteiger partial charge in [0.1, 0.15) is 17.3 Å². The van der Waals surface area contributed by atoms with E-state index in [4.69, 9.17) is 4.98 Å². The Kier molecular flexibility index (Phi) is 5.94. The van der Waals surface area contributed by atoms with Crippen LogP contribution in [0.25, 0.3) is 17.1 Å². The van der Waals surface area contributed by atoms with Crippen LogP contribution in [0.5, 0.6) is 5.75 Å². The van der Waals surface area contributed by atoms with Gasteiger partial charge in [-0.15, -0.1) is 0 Å². The molecule has 6 nitrogen and oxygen atoms in total. The third-order valence-electron chi connectivity index (χ3n) is 5.35. The molecule has 8 heteroatoms. The van der Waals surface area contributed by atoms with Crippen LogP contribution in [0.15, 0.2) is 61.2 Å². The first kappa shape index (κ1) is 21.5. The number of carbonyl (C=O) groups excluding carboxylic acids is 1. The molecule has 2 amide bonds. The van der Waals surface area contributed by atoms with Crippen molar-refractivity contribution in [1.29, 1.82) is 0 Å². The van der Waals surface area contributed by atoms with Gasteiger partial charge in [-0.25, -0.2) is 9.78 Å². The molecule has 1 aromatic heterocycles. The van der Waals surface area contributed by atoms with Crippen LogP contribution >= 0.6 is 0 Å². The fraction of sp³-hybridized carbons (Fsp3) is 0.250. The van der Waals surface area contributed by atoms with Crippen LogP contribution in [0.2, 0.25) is 0 Å². The molecule has 32 heavy (non-hydrogen) atoms. The van der Waals surface area contributed by atoms with Gasteiger partial charge in [-0.3, -0.25) is 9.80 Å². The second-order valence-corrected chi connectivity index (χ2v) is 7.52. The number of rotatable bonds is 7. The van der Waals surface area contributed by atoms with E-state index in [-0.39, 0.29) is 11.8 Å². The average molecular weight is 438 g/mol. The smallest absolute Gasteiger partial charge is 0.387 e. The fourth-order valence-electron chi connectivity index (χ4n) is 3.85. The summed E-state index contributed by atoms with van der Waals surface area (Å²) in [7, 11) is 1.69. The minimum Gasteiger partial charge on any atom is -0.435 e. The molecule has 0 fully saturated rings. The monoisotopic (exact) mass is 438 g/mol. The number of hydrogen-bond donors (Lipinski definition) is 0. The van der Waals surface area contributed by atoms with Gasteiger partial charge >= 0.3 is 12.6 Å². The third kappa shape index (κ3) is 3.95. The molecule has 0 bridgehead atoms. The Morgan fingerprint density at radius 1 is 1.09 bits per heavy atom. The highest BCUT2D eigenvalue weighted by atomic mass is 19.3. The van der Waals surface area contributed by atoms with Crippen LogP contribution in [0, 0.1) is 0 Å². The van der Waals surface area contributed by atoms with Crippen LogP contribution in [0.1, 0.15) is 24.6 Å². The van der Waals surface area contributed by atoms with Gasteiger partial charge in [0.05, 0.1) is 5.70 Å². The van der Waals surface area contributed by atoms with Gasteiger partial charge in [0.2, 0.25) is 0 Å². The molecule has 3 aromatic rings. The van der Waals surface area contributed by atoms with Crippen molar-refractivity contribution in [2.75, 3.05) is 18.5 Å². The molecule has 166 valence electrons. The summed E-state index contributed by atoms with van der Waals surface area (Å²) in [5.74, 6) is 1.20. The highest BCUT2D eigenvalue weighted by molar-refractivity contribution is 6.03. The second-order valence-electron chi connectivity index (χ2n) is 7.52. The Morgan fingerprint density at radius 2 is 1.78 bits per heavy atom. The molecule has 0 unspecified atom stereocenters. The molecule has 1 aliphatic heterocycles. The first-order valence-electron chi connectivity index (χ1n) is 10.3. The Balaban J connectivity index is 1.84. The van der Waals surface area contributed by atoms with E-state index in [1.807, 2.05) is 41.8 Å². The standard InChI is InChI=1S/C24H24F2N4O2/c1-4-14-29-16(2)20-22(28(3)24(29)31)27-21(30(20)15-17-8-6-5-7-9-17)18-10-12-19(13-11-18)32-23(25)26/h5-13,23H,2,4,14-15H2,1,3H3. The van der Waals surface area contributed by atoms with Gasteiger partial charge in [-0.05, 0) is 36.2 Å². The number of halogens is 2. The summed E-state index contributed by atoms with van der Waals surface area (Å²) in [6.45, 7) is 4.39. The van der Waals surface area contributed by atoms with Gasteiger partial charge in [0, 0.05) is 25.7 Å². The van der Waals surface area contributed by atoms with E-state index in [1.54, 1.807) is 24.1 Å². The molecule has 0 N–H and O–H groups in total. The number of hydrogen-bond acceptors (Lipinski definition) is 3. The number of amides is 2. The highest BCUT2D eigenvalue weighted by Gasteiger charge is 2.36. The summed E-state index contributed by atoms with van der Waals surface area (Å²) in [5, 5.41) is 0. The first-order valence-corrected chi connectivity index (χ1v) is 10.3. The van der Waals surface area contributed by atoms with Crippen molar-refractivity contribution in [2.45, 2.75) is 26.5 Å². The van der Waals surface area contributed by atoms with Crippen LogP contribution in [0.4, 0.5) is 19.4 Å². The maximum Gasteiger partial charge on any atom is 0.387 e. The Bertz CT molecular complexity index is 1130. The molecule has 0 spiro atoms. The maximum atomic E-state index is 12.9. The number of imidazole rings is 1. The predicted octanol–water partition coefficient (Wildman–Crippen LogP) is 5.45. The Hall–Kier alpha value is -3.68. The van der Waals surface area contributed by atoms with Crippen molar-refractivity contribution < 1.29 is 18.3 Å². The van der Waals surface area contributed by atoms with Gasteiger partial charge in [0.25, 0.3) is 0 Å². The molecule has 0 aliphatic carbocycles. The summed E-state index contributed by atoms with van der Waals surface area (Å²) in [4.78, 5) is 20.9. The number of urea groups is 1. The van der Waals surface area contributed by atoms with Gasteiger partial charge in [-0.2, -0.15) is 8.78 Å². The van der Waals surface area contributed by atoms with Crippen molar-refractivity contribution in [2.24, 2.45) is 0 Å². The van der Waals surface area contributed by atoms with E-state index in [2.05, 4.69) is 11.3 Å². The third-order valence-corrected chi connectivity index (χ3v) is 5.35. The molecular formula is C24H24F2N4O2. The number of alkyl halides is 2. The molecule has 2 heterocycles. The van der Waals surface area contributed by atoms with Crippen LogP contribution in [-0.4, -0.2) is 40.7 Å². The lowest BCUT2D eigenvalue weighted by atomic mass is 10.1. The van der Waals surface area contributed by atoms with E-state index < -0.39 is 6.61 Å². The molecule has 0 saturated carbocycles. The van der Waals surface area contributed by atoms with Gasteiger partial charge < -0.3 is 9.30 Å². The summed E-state index contributed by atoms with van der Waals surface area (Å²) in [5.41, 5.74) is 3.12. The molecule has 1 aliphatic rings. The zero-order valence-electron chi connectivity index (χ0n) is 18.0. The number of aromatic nitrogens is 2. The van der Waals surface area contributed by atoms with Crippen LogP contribution in [-0.2, 0) is 6.54 Å². The fourth-order valence-corrected chi connectivity index (χ4v) is 3.85. The SMILES string of the molecule is C=C1c2c(nc(-c3ccc(OC(F)F)cc3)n2Cc2ccccc2)N(C)C(=O)N1CCC. The normalized spacial score (nSPS) is 13.7. The zero-order chi connectivity index (χ0) is 22.8. The minimum absolute atomic E-state index is 0.0699. The first-order chi connectivity index (χ1) is 15.4. The van der Waals surface area contributed by atoms with E-state index in [9.17, 15) is 13.6 Å². The number of benzene rings is 2. The lowest BCUT2D eigenvalue weighted by Gasteiger charge is -2.34. The van der Waals surface area contributed by atoms with E-state index in [0.29, 0.717) is 36.0 Å². The van der Waals surface area contributed by atoms with Crippen molar-refractivity contribution in [1.82, 2.24) is 14.5 Å². The maximum absolute atomic E-state index is 12.9. The molecule has 0 atom stereocenters. The number of fused-ring (bicyclic) bond motifs is 1. The van der Waals surface area contributed by atoms with E-state index in [0.717, 1.165) is 17.7 Å². The number of nitrogens with zero attached hydrogens (tertiary/aromatic N) is 4. The summed E-state index contributed by atoms with van der Waals surface area (Å²) < 4.78 is 31.6. The summed E-state index contributed by atoms with van der Waals surface area (Å²) in [6.07, 6.45) is 0.791. The van der Waals surface area contributed by atoms with Gasteiger partial charge in [-0.1, -0.05) is 43.8 Å². The largest absolute Gasteiger partial charge is 0.435 e. The van der Waals surface area contributed by atoms with E-state index >= 15 is 0 Å². The molecule has 2 aromatic carbocycles. The quantitative estimate of drug-likeness (QED) is 0.493. The Labute approximate surface area is 185 Å². The van der Waals surface area contributed by atoms with Crippen molar-refractivity contribution in [3.05, 3.63) is 72.4 Å².